The van der Waals surface area contributed by atoms with Crippen LogP contribution in [0.3, 0.4) is 0 Å². The van der Waals surface area contributed by atoms with Crippen LogP contribution in [0.5, 0.6) is 0 Å². The van der Waals surface area contributed by atoms with Gasteiger partial charge in [0.25, 0.3) is 0 Å². The van der Waals surface area contributed by atoms with E-state index in [1.54, 1.807) is 20.3 Å². The molecule has 0 unspecified atom stereocenters. The second-order valence-electron chi connectivity index (χ2n) is 5.05. The lowest BCUT2D eigenvalue weighted by Crippen LogP contribution is -2.32. The standard InChI is InChI=1S/C15H19FN2O2/c1-19-10-14-6-15(20-2)9-18(14)8-11-3-4-13(16)5-12(11)7-17/h3-5,14-15H,6,8-10H2,1-2H3/t14-,15-/m0/s1. The summed E-state index contributed by atoms with van der Waals surface area (Å²) in [6.07, 6.45) is 1.09. The van der Waals surface area contributed by atoms with E-state index in [9.17, 15) is 4.39 Å². The van der Waals surface area contributed by atoms with Crippen molar-refractivity contribution in [2.45, 2.75) is 25.1 Å². The maximum absolute atomic E-state index is 13.2. The van der Waals surface area contributed by atoms with E-state index in [2.05, 4.69) is 11.0 Å². The third-order valence-corrected chi connectivity index (χ3v) is 3.75. The Hall–Kier alpha value is -1.48. The summed E-state index contributed by atoms with van der Waals surface area (Å²) >= 11 is 0. The van der Waals surface area contributed by atoms with Gasteiger partial charge in [-0.2, -0.15) is 5.26 Å². The number of nitriles is 1. The summed E-state index contributed by atoms with van der Waals surface area (Å²) in [7, 11) is 3.38. The topological polar surface area (TPSA) is 45.5 Å². The average molecular weight is 278 g/mol. The molecule has 2 rings (SSSR count). The highest BCUT2D eigenvalue weighted by Gasteiger charge is 2.32. The van der Waals surface area contributed by atoms with Gasteiger partial charge in [0.2, 0.25) is 0 Å². The van der Waals surface area contributed by atoms with Crippen molar-refractivity contribution in [3.8, 4) is 6.07 Å². The highest BCUT2D eigenvalue weighted by Crippen LogP contribution is 2.24. The van der Waals surface area contributed by atoms with Gasteiger partial charge in [0.05, 0.1) is 24.3 Å². The van der Waals surface area contributed by atoms with E-state index in [1.165, 1.54) is 12.1 Å². The molecule has 0 aliphatic carbocycles. The molecular formula is C15H19FN2O2. The minimum atomic E-state index is -0.380. The third kappa shape index (κ3) is 3.34. The van der Waals surface area contributed by atoms with Gasteiger partial charge in [0.15, 0.2) is 0 Å². The molecule has 1 heterocycles. The molecule has 1 fully saturated rings. The summed E-state index contributed by atoms with van der Waals surface area (Å²) in [6, 6.07) is 6.67. The minimum absolute atomic E-state index is 0.182. The molecule has 1 aliphatic rings. The average Bonchev–Trinajstić information content (AvgIpc) is 2.83. The van der Waals surface area contributed by atoms with Crippen molar-refractivity contribution in [3.05, 3.63) is 35.1 Å². The number of likely N-dealkylation sites (tertiary alicyclic amines) is 1. The molecule has 0 spiro atoms. The van der Waals surface area contributed by atoms with Crippen molar-refractivity contribution in [1.29, 1.82) is 5.26 Å². The Bertz CT molecular complexity index is 501. The van der Waals surface area contributed by atoms with Gasteiger partial charge >= 0.3 is 0 Å². The van der Waals surface area contributed by atoms with E-state index >= 15 is 0 Å². The zero-order valence-electron chi connectivity index (χ0n) is 11.8. The molecular weight excluding hydrogens is 259 g/mol. The first-order valence-electron chi connectivity index (χ1n) is 6.62. The maximum atomic E-state index is 13.2. The SMILES string of the molecule is COC[C@@H]1C[C@H](OC)CN1Cc1ccc(F)cc1C#N. The predicted molar refractivity (Wildman–Crippen MR) is 72.6 cm³/mol. The highest BCUT2D eigenvalue weighted by molar-refractivity contribution is 5.38. The largest absolute Gasteiger partial charge is 0.383 e. The Balaban J connectivity index is 2.14. The summed E-state index contributed by atoms with van der Waals surface area (Å²) < 4.78 is 23.8. The van der Waals surface area contributed by atoms with Gasteiger partial charge in [-0.25, -0.2) is 4.39 Å². The third-order valence-electron chi connectivity index (χ3n) is 3.75. The molecule has 0 saturated carbocycles. The van der Waals surface area contributed by atoms with Gasteiger partial charge in [-0.3, -0.25) is 4.90 Å². The smallest absolute Gasteiger partial charge is 0.124 e. The van der Waals surface area contributed by atoms with Crippen LogP contribution < -0.4 is 0 Å². The molecule has 0 aromatic heterocycles. The van der Waals surface area contributed by atoms with Crippen LogP contribution in [-0.4, -0.2) is 44.4 Å². The lowest BCUT2D eigenvalue weighted by molar-refractivity contribution is 0.106. The number of benzene rings is 1. The second kappa shape index (κ2) is 6.80. The minimum Gasteiger partial charge on any atom is -0.383 e. The molecule has 20 heavy (non-hydrogen) atoms. The van der Waals surface area contributed by atoms with Crippen LogP contribution in [0, 0.1) is 17.1 Å². The Labute approximate surface area is 118 Å². The lowest BCUT2D eigenvalue weighted by Gasteiger charge is -2.23. The Morgan fingerprint density at radius 1 is 1.45 bits per heavy atom. The number of halogens is 1. The van der Waals surface area contributed by atoms with Crippen LogP contribution >= 0.6 is 0 Å². The fourth-order valence-corrected chi connectivity index (χ4v) is 2.68. The molecule has 1 saturated heterocycles. The quantitative estimate of drug-likeness (QED) is 0.825. The van der Waals surface area contributed by atoms with E-state index in [-0.39, 0.29) is 18.0 Å². The molecule has 1 aromatic rings. The van der Waals surface area contributed by atoms with Crippen LogP contribution in [-0.2, 0) is 16.0 Å². The fraction of sp³-hybridized carbons (Fsp3) is 0.533. The summed E-state index contributed by atoms with van der Waals surface area (Å²) in [5, 5.41) is 9.10. The van der Waals surface area contributed by atoms with E-state index in [1.807, 2.05) is 0 Å². The van der Waals surface area contributed by atoms with Gasteiger partial charge in [-0.1, -0.05) is 6.07 Å². The summed E-state index contributed by atoms with van der Waals surface area (Å²) in [5.74, 6) is -0.380. The summed E-state index contributed by atoms with van der Waals surface area (Å²) in [6.45, 7) is 2.03. The molecule has 0 amide bonds. The Morgan fingerprint density at radius 2 is 2.25 bits per heavy atom. The summed E-state index contributed by atoms with van der Waals surface area (Å²) in [4.78, 5) is 2.23. The summed E-state index contributed by atoms with van der Waals surface area (Å²) in [5.41, 5.74) is 1.23. The van der Waals surface area contributed by atoms with Crippen molar-refractivity contribution >= 4 is 0 Å². The molecule has 0 radical (unpaired) electrons. The molecule has 5 heteroatoms. The van der Waals surface area contributed by atoms with E-state index in [0.29, 0.717) is 18.7 Å². The van der Waals surface area contributed by atoms with E-state index < -0.39 is 0 Å². The number of hydrogen-bond donors (Lipinski definition) is 0. The van der Waals surface area contributed by atoms with Crippen LogP contribution in [0.1, 0.15) is 17.5 Å². The van der Waals surface area contributed by atoms with Crippen LogP contribution in [0.2, 0.25) is 0 Å². The predicted octanol–water partition coefficient (Wildman–Crippen LogP) is 1.93. The molecule has 1 aromatic carbocycles. The first-order valence-corrected chi connectivity index (χ1v) is 6.62. The fourth-order valence-electron chi connectivity index (χ4n) is 2.68. The molecule has 0 N–H and O–H groups in total. The highest BCUT2D eigenvalue weighted by atomic mass is 19.1. The first kappa shape index (κ1) is 14.9. The molecule has 0 bridgehead atoms. The van der Waals surface area contributed by atoms with Gasteiger partial charge in [-0.05, 0) is 24.1 Å². The van der Waals surface area contributed by atoms with Crippen LogP contribution in [0.15, 0.2) is 18.2 Å². The van der Waals surface area contributed by atoms with Crippen molar-refractivity contribution in [2.24, 2.45) is 0 Å². The zero-order valence-corrected chi connectivity index (χ0v) is 11.8. The zero-order chi connectivity index (χ0) is 14.5. The van der Waals surface area contributed by atoms with Crippen molar-refractivity contribution in [1.82, 2.24) is 4.90 Å². The van der Waals surface area contributed by atoms with Crippen LogP contribution in [0.4, 0.5) is 4.39 Å². The second-order valence-corrected chi connectivity index (χ2v) is 5.05. The lowest BCUT2D eigenvalue weighted by atomic mass is 10.1. The van der Waals surface area contributed by atoms with Gasteiger partial charge in [0.1, 0.15) is 5.82 Å². The van der Waals surface area contributed by atoms with E-state index in [4.69, 9.17) is 14.7 Å². The van der Waals surface area contributed by atoms with Gasteiger partial charge in [0, 0.05) is 33.4 Å². The maximum Gasteiger partial charge on any atom is 0.124 e. The van der Waals surface area contributed by atoms with Crippen molar-refractivity contribution in [3.63, 3.8) is 0 Å². The van der Waals surface area contributed by atoms with Crippen molar-refractivity contribution in [2.75, 3.05) is 27.4 Å². The van der Waals surface area contributed by atoms with Crippen LogP contribution in [0.25, 0.3) is 0 Å². The number of hydrogen-bond acceptors (Lipinski definition) is 4. The molecule has 108 valence electrons. The molecule has 1 aliphatic heterocycles. The van der Waals surface area contributed by atoms with Gasteiger partial charge < -0.3 is 9.47 Å². The number of rotatable bonds is 5. The first-order chi connectivity index (χ1) is 9.67. The monoisotopic (exact) mass is 278 g/mol. The van der Waals surface area contributed by atoms with E-state index in [0.717, 1.165) is 18.5 Å². The number of methoxy groups -OCH3 is 2. The van der Waals surface area contributed by atoms with Gasteiger partial charge in [-0.15, -0.1) is 0 Å². The van der Waals surface area contributed by atoms with Crippen molar-refractivity contribution < 1.29 is 13.9 Å². The number of nitrogens with zero attached hydrogens (tertiary/aromatic N) is 2. The Morgan fingerprint density at radius 3 is 2.90 bits per heavy atom. The molecule has 4 nitrogen and oxygen atoms in total. The Kier molecular flexibility index (Phi) is 5.07. The molecule has 2 atom stereocenters. The number of ether oxygens (including phenoxy) is 2. The normalized spacial score (nSPS) is 22.9.